The van der Waals surface area contributed by atoms with Crippen LogP contribution in [0.2, 0.25) is 0 Å². The normalized spacial score (nSPS) is 12.4. The van der Waals surface area contributed by atoms with Crippen molar-refractivity contribution < 1.29 is 31.9 Å². The average molecular weight is 410 g/mol. The van der Waals surface area contributed by atoms with E-state index in [1.807, 2.05) is 0 Å². The summed E-state index contributed by atoms with van der Waals surface area (Å²) in [6, 6.07) is 8.39. The summed E-state index contributed by atoms with van der Waals surface area (Å²) in [5.41, 5.74) is 0.0126. The van der Waals surface area contributed by atoms with Crippen LogP contribution in [0.25, 0.3) is 0 Å². The lowest BCUT2D eigenvalue weighted by Gasteiger charge is -2.13. The molecular formula is C18H22N2O7S. The molecule has 0 fully saturated rings. The number of carbonyl (C=O) groups excluding carboxylic acids is 2. The molecule has 0 aliphatic heterocycles. The fourth-order valence-corrected chi connectivity index (χ4v) is 3.31. The Morgan fingerprint density at radius 2 is 2.00 bits per heavy atom. The maximum Gasteiger partial charge on any atom is 0.338 e. The molecule has 2 N–H and O–H groups in total. The molecule has 10 heteroatoms. The summed E-state index contributed by atoms with van der Waals surface area (Å²) in [6.45, 7) is 1.56. The maximum atomic E-state index is 12.4. The predicted molar refractivity (Wildman–Crippen MR) is 98.9 cm³/mol. The van der Waals surface area contributed by atoms with Crippen LogP contribution in [0.4, 0.5) is 0 Å². The fraction of sp³-hybridized carbons (Fsp3) is 0.333. The largest absolute Gasteiger partial charge is 0.468 e. The lowest BCUT2D eigenvalue weighted by Crippen LogP contribution is -2.38. The van der Waals surface area contributed by atoms with Crippen molar-refractivity contribution in [3.05, 3.63) is 54.0 Å². The Labute approximate surface area is 163 Å². The van der Waals surface area contributed by atoms with Crippen LogP contribution < -0.4 is 10.0 Å². The van der Waals surface area contributed by atoms with Gasteiger partial charge in [0.05, 0.1) is 29.9 Å². The van der Waals surface area contributed by atoms with Crippen molar-refractivity contribution in [1.82, 2.24) is 10.0 Å². The van der Waals surface area contributed by atoms with Crippen molar-refractivity contribution in [3.63, 3.8) is 0 Å². The van der Waals surface area contributed by atoms with Crippen molar-refractivity contribution in [2.24, 2.45) is 0 Å². The SMILES string of the molecule is COCC(C)NC(=O)COC(=O)c1cccc(S(=O)(=O)NCc2ccco2)c1. The zero-order valence-corrected chi connectivity index (χ0v) is 16.3. The number of sulfonamides is 1. The zero-order chi connectivity index (χ0) is 20.6. The van der Waals surface area contributed by atoms with Crippen molar-refractivity contribution in [2.45, 2.75) is 24.4 Å². The van der Waals surface area contributed by atoms with Crippen LogP contribution in [0.15, 0.2) is 52.0 Å². The summed E-state index contributed by atoms with van der Waals surface area (Å²) >= 11 is 0. The molecule has 1 atom stereocenters. The van der Waals surface area contributed by atoms with E-state index in [-0.39, 0.29) is 23.0 Å². The number of hydrogen-bond donors (Lipinski definition) is 2. The van der Waals surface area contributed by atoms with Crippen LogP contribution in [-0.4, -0.2) is 46.7 Å². The van der Waals surface area contributed by atoms with Crippen LogP contribution >= 0.6 is 0 Å². The number of ether oxygens (including phenoxy) is 2. The number of hydrogen-bond acceptors (Lipinski definition) is 7. The molecule has 152 valence electrons. The molecule has 1 aromatic heterocycles. The number of carbonyl (C=O) groups is 2. The molecule has 0 aliphatic rings. The smallest absolute Gasteiger partial charge is 0.338 e. The second kappa shape index (κ2) is 10.0. The van der Waals surface area contributed by atoms with E-state index in [1.165, 1.54) is 37.6 Å². The molecule has 0 radical (unpaired) electrons. The first-order valence-corrected chi connectivity index (χ1v) is 9.87. The Bertz CT molecular complexity index is 894. The van der Waals surface area contributed by atoms with Gasteiger partial charge in [0.2, 0.25) is 10.0 Å². The van der Waals surface area contributed by atoms with E-state index in [9.17, 15) is 18.0 Å². The van der Waals surface area contributed by atoms with Gasteiger partial charge in [-0.1, -0.05) is 6.07 Å². The molecule has 2 aromatic rings. The lowest BCUT2D eigenvalue weighted by molar-refractivity contribution is -0.125. The molecule has 1 unspecified atom stereocenters. The molecule has 9 nitrogen and oxygen atoms in total. The highest BCUT2D eigenvalue weighted by atomic mass is 32.2. The fourth-order valence-electron chi connectivity index (χ4n) is 2.28. The Morgan fingerprint density at radius 3 is 2.68 bits per heavy atom. The van der Waals surface area contributed by atoms with Crippen molar-refractivity contribution in [3.8, 4) is 0 Å². The number of benzene rings is 1. The third-order valence-electron chi connectivity index (χ3n) is 3.55. The minimum absolute atomic E-state index is 0.0126. The van der Waals surface area contributed by atoms with Crippen molar-refractivity contribution >= 4 is 21.9 Å². The van der Waals surface area contributed by atoms with E-state index < -0.39 is 28.5 Å². The summed E-state index contributed by atoms with van der Waals surface area (Å²) in [6.07, 6.45) is 1.44. The third kappa shape index (κ3) is 6.48. The minimum atomic E-state index is -3.86. The van der Waals surface area contributed by atoms with Gasteiger partial charge in [-0.15, -0.1) is 0 Å². The third-order valence-corrected chi connectivity index (χ3v) is 4.95. The predicted octanol–water partition coefficient (Wildman–Crippen LogP) is 1.07. The minimum Gasteiger partial charge on any atom is -0.468 e. The van der Waals surface area contributed by atoms with Gasteiger partial charge in [-0.3, -0.25) is 4.79 Å². The number of esters is 1. The van der Waals surface area contributed by atoms with Gasteiger partial charge < -0.3 is 19.2 Å². The first kappa shape index (κ1) is 21.6. The van der Waals surface area contributed by atoms with E-state index in [1.54, 1.807) is 19.1 Å². The Kier molecular flexibility index (Phi) is 7.73. The first-order chi connectivity index (χ1) is 13.3. The van der Waals surface area contributed by atoms with E-state index >= 15 is 0 Å². The summed E-state index contributed by atoms with van der Waals surface area (Å²) in [5.74, 6) is -0.840. The van der Waals surface area contributed by atoms with Gasteiger partial charge in [0, 0.05) is 13.2 Å². The van der Waals surface area contributed by atoms with Gasteiger partial charge in [-0.05, 0) is 37.3 Å². The standard InChI is InChI=1S/C18H22N2O7S/c1-13(11-25-2)20-17(21)12-27-18(22)14-5-3-7-16(9-14)28(23,24)19-10-15-6-4-8-26-15/h3-9,13,19H,10-12H2,1-2H3,(H,20,21). The van der Waals surface area contributed by atoms with Gasteiger partial charge >= 0.3 is 5.97 Å². The topological polar surface area (TPSA) is 124 Å². The molecular weight excluding hydrogens is 388 g/mol. The summed E-state index contributed by atoms with van der Waals surface area (Å²) in [4.78, 5) is 23.8. The lowest BCUT2D eigenvalue weighted by atomic mass is 10.2. The van der Waals surface area contributed by atoms with Crippen LogP contribution in [0, 0.1) is 0 Å². The molecule has 1 amide bonds. The van der Waals surface area contributed by atoms with E-state index in [0.29, 0.717) is 12.4 Å². The second-order valence-corrected chi connectivity index (χ2v) is 7.70. The second-order valence-electron chi connectivity index (χ2n) is 5.93. The molecule has 0 aliphatic carbocycles. The maximum absolute atomic E-state index is 12.4. The van der Waals surface area contributed by atoms with Crippen LogP contribution in [0.3, 0.4) is 0 Å². The van der Waals surface area contributed by atoms with Crippen LogP contribution in [0.1, 0.15) is 23.0 Å². The van der Waals surface area contributed by atoms with E-state index in [0.717, 1.165) is 0 Å². The molecule has 0 bridgehead atoms. The van der Waals surface area contributed by atoms with E-state index in [4.69, 9.17) is 13.9 Å². The molecule has 0 saturated carbocycles. The molecule has 0 saturated heterocycles. The summed E-state index contributed by atoms with van der Waals surface area (Å²) < 4.78 is 42.0. The molecule has 1 heterocycles. The van der Waals surface area contributed by atoms with E-state index in [2.05, 4.69) is 10.0 Å². The zero-order valence-electron chi connectivity index (χ0n) is 15.5. The molecule has 1 aromatic carbocycles. The first-order valence-electron chi connectivity index (χ1n) is 8.39. The van der Waals surface area contributed by atoms with Gasteiger partial charge in [0.25, 0.3) is 5.91 Å². The number of amides is 1. The van der Waals surface area contributed by atoms with Gasteiger partial charge in [0.15, 0.2) is 6.61 Å². The van der Waals surface area contributed by atoms with Gasteiger partial charge in [-0.2, -0.15) is 0 Å². The van der Waals surface area contributed by atoms with Crippen LogP contribution in [0.5, 0.6) is 0 Å². The number of methoxy groups -OCH3 is 1. The Balaban J connectivity index is 1.95. The van der Waals surface area contributed by atoms with Crippen molar-refractivity contribution in [1.29, 1.82) is 0 Å². The molecule has 28 heavy (non-hydrogen) atoms. The van der Waals surface area contributed by atoms with Gasteiger partial charge in [0.1, 0.15) is 5.76 Å². The monoisotopic (exact) mass is 410 g/mol. The summed E-state index contributed by atoms with van der Waals surface area (Å²) in [5, 5.41) is 2.60. The number of nitrogens with one attached hydrogen (secondary N) is 2. The Morgan fingerprint density at radius 1 is 1.21 bits per heavy atom. The highest BCUT2D eigenvalue weighted by Gasteiger charge is 2.18. The summed E-state index contributed by atoms with van der Waals surface area (Å²) in [7, 11) is -2.35. The van der Waals surface area contributed by atoms with Crippen molar-refractivity contribution in [2.75, 3.05) is 20.3 Å². The average Bonchev–Trinajstić information content (AvgIpc) is 3.18. The van der Waals surface area contributed by atoms with Gasteiger partial charge in [-0.25, -0.2) is 17.9 Å². The Hall–Kier alpha value is -2.69. The van der Waals surface area contributed by atoms with Crippen LogP contribution in [-0.2, 0) is 30.8 Å². The number of rotatable bonds is 10. The molecule has 0 spiro atoms. The molecule has 2 rings (SSSR count). The highest BCUT2D eigenvalue weighted by molar-refractivity contribution is 7.89. The quantitative estimate of drug-likeness (QED) is 0.561. The number of furan rings is 1. The highest BCUT2D eigenvalue weighted by Crippen LogP contribution is 2.13.